The molecule has 1 fully saturated rings. The quantitative estimate of drug-likeness (QED) is 0.236. The zero-order valence-corrected chi connectivity index (χ0v) is 22.4. The Hall–Kier alpha value is -3.86. The first-order chi connectivity index (χ1) is 18.0. The number of nitrogens with zero attached hydrogens (tertiary/aromatic N) is 1. The highest BCUT2D eigenvalue weighted by Crippen LogP contribution is 2.39. The molecule has 1 aliphatic rings. The maximum absolute atomic E-state index is 13.2. The molecule has 0 unspecified atom stereocenters. The summed E-state index contributed by atoms with van der Waals surface area (Å²) >= 11 is 12.5. The van der Waals surface area contributed by atoms with Gasteiger partial charge in [-0.25, -0.2) is 9.69 Å². The first-order valence-electron chi connectivity index (χ1n) is 11.2. The molecule has 1 heterocycles. The standard InChI is InChI=1S/C26H20Cl2N2O7S/c1-3-36-22-13-16(12-21(28)23(22)37-38(34,35)18-7-5-4-6-8-18)11-19-24(31)29-26(33)30(25(19)32)17-10-9-15(2)20(27)14-17/h4-14H,3H2,1-2H3,(H,29,31,33)/b19-11+. The van der Waals surface area contributed by atoms with E-state index in [4.69, 9.17) is 32.1 Å². The molecule has 3 aromatic carbocycles. The number of rotatable bonds is 7. The molecule has 4 amide bonds. The normalized spacial score (nSPS) is 15.0. The SMILES string of the molecule is CCOc1cc(/C=C2\C(=O)NC(=O)N(c3ccc(C)c(Cl)c3)C2=O)cc(Cl)c1OS(=O)(=O)c1ccccc1. The summed E-state index contributed by atoms with van der Waals surface area (Å²) in [6, 6.07) is 13.8. The second-order valence-corrected chi connectivity index (χ2v) is 10.4. The van der Waals surface area contributed by atoms with E-state index in [0.29, 0.717) is 5.02 Å². The number of nitrogens with one attached hydrogen (secondary N) is 1. The van der Waals surface area contributed by atoms with Crippen LogP contribution in [0.2, 0.25) is 10.0 Å². The minimum absolute atomic E-state index is 0.0340. The zero-order chi connectivity index (χ0) is 27.6. The lowest BCUT2D eigenvalue weighted by Gasteiger charge is -2.26. The topological polar surface area (TPSA) is 119 Å². The van der Waals surface area contributed by atoms with Crippen molar-refractivity contribution in [1.29, 1.82) is 0 Å². The van der Waals surface area contributed by atoms with Crippen LogP contribution in [-0.4, -0.2) is 32.9 Å². The highest BCUT2D eigenvalue weighted by molar-refractivity contribution is 7.87. The summed E-state index contributed by atoms with van der Waals surface area (Å²) in [7, 11) is -4.24. The molecular weight excluding hydrogens is 555 g/mol. The van der Waals surface area contributed by atoms with Crippen molar-refractivity contribution in [3.63, 3.8) is 0 Å². The summed E-state index contributed by atoms with van der Waals surface area (Å²) in [5.74, 6) is -2.10. The lowest BCUT2D eigenvalue weighted by atomic mass is 10.1. The number of hydrogen-bond donors (Lipinski definition) is 1. The molecule has 4 rings (SSSR count). The van der Waals surface area contributed by atoms with Crippen molar-refractivity contribution in [2.24, 2.45) is 0 Å². The van der Waals surface area contributed by atoms with Gasteiger partial charge in [-0.15, -0.1) is 0 Å². The average molecular weight is 575 g/mol. The smallest absolute Gasteiger partial charge is 0.339 e. The predicted octanol–water partition coefficient (Wildman–Crippen LogP) is 5.13. The molecule has 1 aliphatic heterocycles. The Morgan fingerprint density at radius 3 is 2.34 bits per heavy atom. The van der Waals surface area contributed by atoms with Crippen molar-refractivity contribution in [1.82, 2.24) is 5.32 Å². The molecule has 12 heteroatoms. The Kier molecular flexibility index (Phi) is 7.77. The van der Waals surface area contributed by atoms with Gasteiger partial charge >= 0.3 is 16.1 Å². The van der Waals surface area contributed by atoms with Crippen molar-refractivity contribution >= 4 is 62.9 Å². The molecule has 1 N–H and O–H groups in total. The van der Waals surface area contributed by atoms with Crippen LogP contribution < -0.4 is 19.1 Å². The third kappa shape index (κ3) is 5.52. The number of carbonyl (C=O) groups is 3. The van der Waals surface area contributed by atoms with Crippen LogP contribution >= 0.6 is 23.2 Å². The van der Waals surface area contributed by atoms with Crippen molar-refractivity contribution in [3.05, 3.63) is 87.4 Å². The lowest BCUT2D eigenvalue weighted by Crippen LogP contribution is -2.54. The van der Waals surface area contributed by atoms with Crippen LogP contribution in [0.3, 0.4) is 0 Å². The van der Waals surface area contributed by atoms with E-state index >= 15 is 0 Å². The first kappa shape index (κ1) is 27.2. The van der Waals surface area contributed by atoms with Crippen molar-refractivity contribution < 1.29 is 31.7 Å². The summed E-state index contributed by atoms with van der Waals surface area (Å²) in [6.45, 7) is 3.56. The predicted molar refractivity (Wildman–Crippen MR) is 142 cm³/mol. The number of barbiturate groups is 1. The van der Waals surface area contributed by atoms with E-state index in [2.05, 4.69) is 5.32 Å². The van der Waals surface area contributed by atoms with Gasteiger partial charge in [-0.2, -0.15) is 8.42 Å². The number of hydrogen-bond acceptors (Lipinski definition) is 7. The second kappa shape index (κ2) is 10.9. The summed E-state index contributed by atoms with van der Waals surface area (Å²) in [5, 5.41) is 2.31. The van der Waals surface area contributed by atoms with Crippen LogP contribution in [0.1, 0.15) is 18.1 Å². The number of ether oxygens (including phenoxy) is 1. The number of carbonyl (C=O) groups excluding carboxylic acids is 3. The highest BCUT2D eigenvalue weighted by Gasteiger charge is 2.37. The van der Waals surface area contributed by atoms with Crippen molar-refractivity contribution in [2.45, 2.75) is 18.7 Å². The van der Waals surface area contributed by atoms with Gasteiger partial charge in [0.05, 0.1) is 17.3 Å². The van der Waals surface area contributed by atoms with E-state index in [0.717, 1.165) is 10.5 Å². The zero-order valence-electron chi connectivity index (χ0n) is 20.0. The van der Waals surface area contributed by atoms with E-state index in [9.17, 15) is 22.8 Å². The molecule has 0 aliphatic carbocycles. The Labute approximate surface area is 228 Å². The Morgan fingerprint density at radius 2 is 1.68 bits per heavy atom. The Morgan fingerprint density at radius 1 is 0.974 bits per heavy atom. The van der Waals surface area contributed by atoms with Crippen LogP contribution in [0.4, 0.5) is 10.5 Å². The van der Waals surface area contributed by atoms with E-state index in [1.54, 1.807) is 38.1 Å². The van der Waals surface area contributed by atoms with Crippen LogP contribution in [0.5, 0.6) is 11.5 Å². The number of anilines is 1. The third-order valence-corrected chi connectivity index (χ3v) is 7.31. The molecule has 3 aromatic rings. The number of benzene rings is 3. The molecule has 196 valence electrons. The first-order valence-corrected chi connectivity index (χ1v) is 13.3. The van der Waals surface area contributed by atoms with E-state index in [1.165, 1.54) is 42.5 Å². The third-order valence-electron chi connectivity index (χ3n) is 5.38. The van der Waals surface area contributed by atoms with Crippen LogP contribution in [0.15, 0.2) is 71.1 Å². The van der Waals surface area contributed by atoms with Gasteiger partial charge in [0, 0.05) is 5.02 Å². The monoisotopic (exact) mass is 574 g/mol. The van der Waals surface area contributed by atoms with Crippen molar-refractivity contribution in [2.75, 3.05) is 11.5 Å². The molecule has 0 spiro atoms. The van der Waals surface area contributed by atoms with Gasteiger partial charge in [0.2, 0.25) is 5.75 Å². The summed E-state index contributed by atoms with van der Waals surface area (Å²) in [5.41, 5.74) is 0.759. The summed E-state index contributed by atoms with van der Waals surface area (Å²) in [6.07, 6.45) is 1.21. The van der Waals surface area contributed by atoms with E-state index < -0.39 is 28.0 Å². The number of amides is 4. The maximum atomic E-state index is 13.2. The maximum Gasteiger partial charge on any atom is 0.339 e. The van der Waals surface area contributed by atoms with Crippen LogP contribution in [0.25, 0.3) is 6.08 Å². The number of halogens is 2. The minimum Gasteiger partial charge on any atom is -0.490 e. The molecule has 0 radical (unpaired) electrons. The molecule has 0 atom stereocenters. The minimum atomic E-state index is -4.24. The van der Waals surface area contributed by atoms with Gasteiger partial charge in [0.1, 0.15) is 10.5 Å². The van der Waals surface area contributed by atoms with Gasteiger partial charge < -0.3 is 8.92 Å². The lowest BCUT2D eigenvalue weighted by molar-refractivity contribution is -0.122. The number of urea groups is 1. The average Bonchev–Trinajstić information content (AvgIpc) is 2.86. The Balaban J connectivity index is 1.73. The fourth-order valence-corrected chi connectivity index (χ4v) is 5.00. The summed E-state index contributed by atoms with van der Waals surface area (Å²) < 4.78 is 36.3. The van der Waals surface area contributed by atoms with Gasteiger partial charge in [0.15, 0.2) is 5.75 Å². The van der Waals surface area contributed by atoms with Gasteiger partial charge in [-0.05, 0) is 67.4 Å². The van der Waals surface area contributed by atoms with E-state index in [1.807, 2.05) is 0 Å². The largest absolute Gasteiger partial charge is 0.490 e. The molecule has 0 bridgehead atoms. The summed E-state index contributed by atoms with van der Waals surface area (Å²) in [4.78, 5) is 39.0. The fraction of sp³-hybridized carbons (Fsp3) is 0.115. The van der Waals surface area contributed by atoms with Gasteiger partial charge in [0.25, 0.3) is 11.8 Å². The second-order valence-electron chi connectivity index (χ2n) is 8.00. The van der Waals surface area contributed by atoms with Crippen molar-refractivity contribution in [3.8, 4) is 11.5 Å². The molecule has 38 heavy (non-hydrogen) atoms. The molecule has 9 nitrogen and oxygen atoms in total. The van der Waals surface area contributed by atoms with Crippen LogP contribution in [-0.2, 0) is 19.7 Å². The molecule has 1 saturated heterocycles. The van der Waals surface area contributed by atoms with Gasteiger partial charge in [-0.1, -0.05) is 47.5 Å². The Bertz CT molecular complexity index is 1590. The van der Waals surface area contributed by atoms with E-state index in [-0.39, 0.29) is 44.8 Å². The molecule has 0 aromatic heterocycles. The number of imide groups is 2. The molecular formula is C26H20Cl2N2O7S. The number of aryl methyl sites for hydroxylation is 1. The highest BCUT2D eigenvalue weighted by atomic mass is 35.5. The fourth-order valence-electron chi connectivity index (χ4n) is 3.54. The van der Waals surface area contributed by atoms with Gasteiger partial charge in [-0.3, -0.25) is 14.9 Å². The van der Waals surface area contributed by atoms with Crippen LogP contribution in [0, 0.1) is 6.92 Å². The molecule has 0 saturated carbocycles.